The number of likely N-dealkylation sites (tertiary alicyclic amines) is 1. The molecule has 2 atom stereocenters. The van der Waals surface area contributed by atoms with Crippen LogP contribution >= 0.6 is 0 Å². The summed E-state index contributed by atoms with van der Waals surface area (Å²) in [6.45, 7) is 2.94. The number of carbonyl (C=O) groups is 1. The second-order valence-corrected chi connectivity index (χ2v) is 8.35. The van der Waals surface area contributed by atoms with Gasteiger partial charge >= 0.3 is 6.03 Å². The van der Waals surface area contributed by atoms with Gasteiger partial charge in [0.05, 0.1) is 5.60 Å². The lowest BCUT2D eigenvalue weighted by atomic mass is 9.71. The molecule has 2 saturated carbocycles. The van der Waals surface area contributed by atoms with Crippen molar-refractivity contribution in [3.05, 3.63) is 0 Å². The van der Waals surface area contributed by atoms with Crippen molar-refractivity contribution in [2.24, 2.45) is 11.3 Å². The zero-order chi connectivity index (χ0) is 17.0. The summed E-state index contributed by atoms with van der Waals surface area (Å²) < 4.78 is 5.27. The van der Waals surface area contributed by atoms with Crippen LogP contribution in [0.3, 0.4) is 0 Å². The predicted octanol–water partition coefficient (Wildman–Crippen LogP) is 2.92. The molecule has 0 aromatic heterocycles. The summed E-state index contributed by atoms with van der Waals surface area (Å²) in [4.78, 5) is 14.6. The van der Waals surface area contributed by atoms with E-state index in [4.69, 9.17) is 4.74 Å². The Morgan fingerprint density at radius 2 is 1.96 bits per heavy atom. The first-order valence-corrected chi connectivity index (χ1v) is 9.81. The van der Waals surface area contributed by atoms with E-state index in [1.807, 2.05) is 4.90 Å². The number of methoxy groups -OCH3 is 1. The summed E-state index contributed by atoms with van der Waals surface area (Å²) in [5, 5.41) is 14.0. The van der Waals surface area contributed by atoms with Crippen molar-refractivity contribution in [2.75, 3.05) is 33.4 Å². The molecular weight excluding hydrogens is 304 g/mol. The highest BCUT2D eigenvalue weighted by atomic mass is 16.5. The third-order valence-corrected chi connectivity index (χ3v) is 6.83. The molecule has 3 aliphatic rings. The number of hydrogen-bond acceptors (Lipinski definition) is 3. The van der Waals surface area contributed by atoms with Gasteiger partial charge in [-0.1, -0.05) is 25.7 Å². The van der Waals surface area contributed by atoms with Gasteiger partial charge in [0.25, 0.3) is 0 Å². The molecular formula is C19H34N2O3. The molecule has 3 rings (SSSR count). The number of ether oxygens (including phenoxy) is 1. The molecule has 0 unspecified atom stereocenters. The summed E-state index contributed by atoms with van der Waals surface area (Å²) >= 11 is 0. The molecule has 24 heavy (non-hydrogen) atoms. The predicted molar refractivity (Wildman–Crippen MR) is 93.9 cm³/mol. The Morgan fingerprint density at radius 3 is 2.71 bits per heavy atom. The van der Waals surface area contributed by atoms with Crippen LogP contribution in [0.4, 0.5) is 4.79 Å². The number of carbonyl (C=O) groups excluding carboxylic acids is 1. The summed E-state index contributed by atoms with van der Waals surface area (Å²) in [7, 11) is 1.75. The van der Waals surface area contributed by atoms with Crippen molar-refractivity contribution in [3.63, 3.8) is 0 Å². The van der Waals surface area contributed by atoms with Crippen LogP contribution in [0.5, 0.6) is 0 Å². The Balaban J connectivity index is 1.51. The van der Waals surface area contributed by atoms with Crippen LogP contribution in [0.25, 0.3) is 0 Å². The van der Waals surface area contributed by atoms with Crippen molar-refractivity contribution in [2.45, 2.75) is 69.8 Å². The molecule has 2 amide bonds. The summed E-state index contributed by atoms with van der Waals surface area (Å²) in [6.07, 6.45) is 11.0. The van der Waals surface area contributed by atoms with Gasteiger partial charge in [-0.05, 0) is 43.9 Å². The summed E-state index contributed by atoms with van der Waals surface area (Å²) in [5.74, 6) is 0.264. The number of nitrogens with zero attached hydrogens (tertiary/aromatic N) is 1. The van der Waals surface area contributed by atoms with Crippen LogP contribution < -0.4 is 5.32 Å². The zero-order valence-electron chi connectivity index (χ0n) is 15.2. The van der Waals surface area contributed by atoms with E-state index in [1.165, 1.54) is 32.1 Å². The molecule has 5 nitrogen and oxygen atoms in total. The van der Waals surface area contributed by atoms with Gasteiger partial charge in [-0.25, -0.2) is 4.79 Å². The summed E-state index contributed by atoms with van der Waals surface area (Å²) in [5.41, 5.74) is -0.285. The van der Waals surface area contributed by atoms with E-state index in [2.05, 4.69) is 5.32 Å². The Morgan fingerprint density at radius 1 is 1.21 bits per heavy atom. The Bertz CT molecular complexity index is 436. The first-order valence-electron chi connectivity index (χ1n) is 9.81. The van der Waals surface area contributed by atoms with Gasteiger partial charge in [0.15, 0.2) is 0 Å². The Hall–Kier alpha value is -0.810. The van der Waals surface area contributed by atoms with Crippen LogP contribution in [-0.2, 0) is 4.74 Å². The smallest absolute Gasteiger partial charge is 0.317 e. The number of amides is 2. The van der Waals surface area contributed by atoms with Crippen molar-refractivity contribution >= 4 is 6.03 Å². The van der Waals surface area contributed by atoms with Crippen LogP contribution in [-0.4, -0.2) is 55.0 Å². The molecule has 1 saturated heterocycles. The standard InChI is InChI=1S/C19H34N2O3/c1-24-13-11-18(7-4-5-8-18)15-20-17(22)21-12-10-19(23)9-3-2-6-16(19)14-21/h16,23H,2-15H2,1H3,(H,20,22)/t16-,19-/m1/s1. The fourth-order valence-corrected chi connectivity index (χ4v) is 5.09. The Labute approximate surface area is 146 Å². The zero-order valence-corrected chi connectivity index (χ0v) is 15.2. The molecule has 2 aliphatic carbocycles. The maximum Gasteiger partial charge on any atom is 0.317 e. The number of aliphatic hydroxyl groups is 1. The molecule has 0 aromatic rings. The van der Waals surface area contributed by atoms with Crippen LogP contribution in [0, 0.1) is 11.3 Å². The van der Waals surface area contributed by atoms with E-state index in [0.29, 0.717) is 13.1 Å². The lowest BCUT2D eigenvalue weighted by Gasteiger charge is -2.47. The number of hydrogen-bond donors (Lipinski definition) is 2. The highest BCUT2D eigenvalue weighted by Gasteiger charge is 2.44. The van der Waals surface area contributed by atoms with E-state index in [9.17, 15) is 9.90 Å². The van der Waals surface area contributed by atoms with Gasteiger partial charge in [0.2, 0.25) is 0 Å². The van der Waals surface area contributed by atoms with Gasteiger partial charge in [-0.15, -0.1) is 0 Å². The van der Waals surface area contributed by atoms with Gasteiger partial charge in [0, 0.05) is 39.3 Å². The third kappa shape index (κ3) is 3.88. The SMILES string of the molecule is COCCC1(CNC(=O)N2CC[C@]3(O)CCCC[C@@H]3C2)CCCC1. The topological polar surface area (TPSA) is 61.8 Å². The minimum absolute atomic E-state index is 0.0614. The van der Waals surface area contributed by atoms with Crippen molar-refractivity contribution < 1.29 is 14.6 Å². The highest BCUT2D eigenvalue weighted by molar-refractivity contribution is 5.74. The van der Waals surface area contributed by atoms with E-state index in [0.717, 1.165) is 45.3 Å². The molecule has 0 spiro atoms. The number of piperidine rings is 1. The fraction of sp³-hybridized carbons (Fsp3) is 0.947. The van der Waals surface area contributed by atoms with Gasteiger partial charge < -0.3 is 20.1 Å². The van der Waals surface area contributed by atoms with Crippen molar-refractivity contribution in [1.82, 2.24) is 10.2 Å². The summed E-state index contributed by atoms with van der Waals surface area (Å²) in [6, 6.07) is 0.0614. The Kier molecular flexibility index (Phi) is 5.70. The largest absolute Gasteiger partial charge is 0.389 e. The quantitative estimate of drug-likeness (QED) is 0.810. The molecule has 138 valence electrons. The van der Waals surface area contributed by atoms with Crippen LogP contribution in [0.15, 0.2) is 0 Å². The molecule has 1 aliphatic heterocycles. The monoisotopic (exact) mass is 338 g/mol. The van der Waals surface area contributed by atoms with Gasteiger partial charge in [-0.2, -0.15) is 0 Å². The van der Waals surface area contributed by atoms with E-state index in [-0.39, 0.29) is 17.4 Å². The number of nitrogens with one attached hydrogen (secondary N) is 1. The average molecular weight is 338 g/mol. The second-order valence-electron chi connectivity index (χ2n) is 8.35. The molecule has 0 aromatic carbocycles. The first-order chi connectivity index (χ1) is 11.6. The molecule has 3 fully saturated rings. The van der Waals surface area contributed by atoms with Crippen molar-refractivity contribution in [3.8, 4) is 0 Å². The number of fused-ring (bicyclic) bond motifs is 1. The van der Waals surface area contributed by atoms with Crippen LogP contribution in [0.1, 0.15) is 64.2 Å². The van der Waals surface area contributed by atoms with Gasteiger partial charge in [-0.3, -0.25) is 0 Å². The minimum Gasteiger partial charge on any atom is -0.389 e. The molecule has 0 bridgehead atoms. The number of rotatable bonds is 5. The minimum atomic E-state index is -0.514. The molecule has 2 N–H and O–H groups in total. The maximum absolute atomic E-state index is 12.7. The van der Waals surface area contributed by atoms with E-state index >= 15 is 0 Å². The average Bonchev–Trinajstić information content (AvgIpc) is 3.06. The van der Waals surface area contributed by atoms with Crippen molar-refractivity contribution in [1.29, 1.82) is 0 Å². The fourth-order valence-electron chi connectivity index (χ4n) is 5.09. The maximum atomic E-state index is 12.7. The molecule has 0 radical (unpaired) electrons. The number of urea groups is 1. The normalized spacial score (nSPS) is 32.4. The molecule has 5 heteroatoms. The van der Waals surface area contributed by atoms with Crippen LogP contribution in [0.2, 0.25) is 0 Å². The lowest BCUT2D eigenvalue weighted by Crippen LogP contribution is -2.57. The lowest BCUT2D eigenvalue weighted by molar-refractivity contribution is -0.0871. The van der Waals surface area contributed by atoms with E-state index < -0.39 is 5.60 Å². The first kappa shape index (κ1) is 18.0. The second kappa shape index (κ2) is 7.61. The highest BCUT2D eigenvalue weighted by Crippen LogP contribution is 2.41. The van der Waals surface area contributed by atoms with Gasteiger partial charge in [0.1, 0.15) is 0 Å². The third-order valence-electron chi connectivity index (χ3n) is 6.83. The molecule has 1 heterocycles. The van der Waals surface area contributed by atoms with E-state index in [1.54, 1.807) is 7.11 Å².